The van der Waals surface area contributed by atoms with Crippen LogP contribution in [-0.2, 0) is 6.54 Å². The molecule has 7 heteroatoms. The Hall–Kier alpha value is -3.35. The van der Waals surface area contributed by atoms with Gasteiger partial charge in [-0.15, -0.1) is 0 Å². The zero-order valence-corrected chi connectivity index (χ0v) is 17.3. The first-order valence-corrected chi connectivity index (χ1v) is 10.2. The van der Waals surface area contributed by atoms with Gasteiger partial charge in [0.15, 0.2) is 0 Å². The second kappa shape index (κ2) is 8.57. The van der Waals surface area contributed by atoms with E-state index in [1.165, 1.54) is 0 Å². The van der Waals surface area contributed by atoms with Crippen molar-refractivity contribution in [3.63, 3.8) is 0 Å². The lowest BCUT2D eigenvalue weighted by molar-refractivity contribution is 0.0710. The molecule has 30 heavy (non-hydrogen) atoms. The number of hydrogen-bond donors (Lipinski definition) is 1. The second-order valence-corrected chi connectivity index (χ2v) is 7.76. The van der Waals surface area contributed by atoms with Crippen molar-refractivity contribution in [3.8, 4) is 5.75 Å². The predicted molar refractivity (Wildman–Crippen MR) is 114 cm³/mol. The smallest absolute Gasteiger partial charge is 0.343 e. The number of carbonyl (C=O) groups is 1. The fourth-order valence-electron chi connectivity index (χ4n) is 4.01. The monoisotopic (exact) mass is 406 g/mol. The largest absolute Gasteiger partial charge is 0.497 e. The first-order chi connectivity index (χ1) is 14.5. The van der Waals surface area contributed by atoms with Crippen LogP contribution < -0.4 is 10.4 Å². The number of aromatic nitrogens is 3. The number of rotatable bonds is 5. The molecule has 156 valence electrons. The number of likely N-dealkylation sites (tertiary alicyclic amines) is 1. The third-order valence-corrected chi connectivity index (χ3v) is 5.70. The Morgan fingerprint density at radius 1 is 1.17 bits per heavy atom. The molecule has 0 unspecified atom stereocenters. The molecule has 0 spiro atoms. The first kappa shape index (κ1) is 19.9. The molecule has 2 aromatic carbocycles. The topological polar surface area (TPSA) is 80.2 Å². The zero-order chi connectivity index (χ0) is 21.1. The van der Waals surface area contributed by atoms with Crippen LogP contribution in [0, 0.1) is 6.92 Å². The highest BCUT2D eigenvalue weighted by Crippen LogP contribution is 2.27. The summed E-state index contributed by atoms with van der Waals surface area (Å²) >= 11 is 0. The summed E-state index contributed by atoms with van der Waals surface area (Å²) in [6.07, 6.45) is 1.56. The maximum Gasteiger partial charge on any atom is 0.343 e. The normalized spacial score (nSPS) is 14.7. The summed E-state index contributed by atoms with van der Waals surface area (Å²) < 4.78 is 6.89. The Kier molecular flexibility index (Phi) is 5.70. The molecule has 1 saturated heterocycles. The number of ether oxygens (including phenoxy) is 1. The summed E-state index contributed by atoms with van der Waals surface area (Å²) in [5.41, 5.74) is 2.60. The molecule has 2 heterocycles. The minimum absolute atomic E-state index is 0.0646. The average molecular weight is 406 g/mol. The molecule has 0 radical (unpaired) electrons. The standard InChI is InChI=1S/C23H26N4O3/c1-16-4-3-5-19(14-16)22(28)26-12-10-18(11-13-26)21-24-25-23(29)27(21)15-17-6-8-20(30-2)9-7-17/h3-9,14,18H,10-13,15H2,1-2H3,(H,25,29). The van der Waals surface area contributed by atoms with E-state index in [1.54, 1.807) is 11.7 Å². The molecular formula is C23H26N4O3. The lowest BCUT2D eigenvalue weighted by atomic mass is 9.95. The van der Waals surface area contributed by atoms with Crippen LogP contribution in [-0.4, -0.2) is 45.8 Å². The van der Waals surface area contributed by atoms with Crippen molar-refractivity contribution in [1.29, 1.82) is 0 Å². The van der Waals surface area contributed by atoms with Gasteiger partial charge in [-0.2, -0.15) is 5.10 Å². The van der Waals surface area contributed by atoms with Gasteiger partial charge in [-0.05, 0) is 49.6 Å². The van der Waals surface area contributed by atoms with Crippen LogP contribution in [0.25, 0.3) is 0 Å². The summed E-state index contributed by atoms with van der Waals surface area (Å²) in [6, 6.07) is 15.4. The Labute approximate surface area is 175 Å². The molecule has 4 rings (SSSR count). The van der Waals surface area contributed by atoms with E-state index in [0.29, 0.717) is 19.6 Å². The maximum absolute atomic E-state index is 12.8. The van der Waals surface area contributed by atoms with E-state index >= 15 is 0 Å². The maximum atomic E-state index is 12.8. The van der Waals surface area contributed by atoms with E-state index in [0.717, 1.165) is 41.1 Å². The third kappa shape index (κ3) is 4.15. The third-order valence-electron chi connectivity index (χ3n) is 5.70. The van der Waals surface area contributed by atoms with Gasteiger partial charge in [-0.25, -0.2) is 9.89 Å². The molecule has 0 bridgehead atoms. The van der Waals surface area contributed by atoms with Gasteiger partial charge in [0.05, 0.1) is 13.7 Å². The lowest BCUT2D eigenvalue weighted by Crippen LogP contribution is -2.38. The number of aromatic amines is 1. The first-order valence-electron chi connectivity index (χ1n) is 10.2. The minimum Gasteiger partial charge on any atom is -0.497 e. The molecule has 7 nitrogen and oxygen atoms in total. The molecule has 0 aliphatic carbocycles. The van der Waals surface area contributed by atoms with Gasteiger partial charge in [0.2, 0.25) is 0 Å². The summed E-state index contributed by atoms with van der Waals surface area (Å²) in [5, 5.41) is 6.90. The van der Waals surface area contributed by atoms with Gasteiger partial charge in [0, 0.05) is 24.6 Å². The fourth-order valence-corrected chi connectivity index (χ4v) is 4.01. The Balaban J connectivity index is 1.45. The molecule has 1 aromatic heterocycles. The van der Waals surface area contributed by atoms with Crippen LogP contribution >= 0.6 is 0 Å². The van der Waals surface area contributed by atoms with Gasteiger partial charge in [-0.1, -0.05) is 29.8 Å². The number of H-pyrrole nitrogens is 1. The fraction of sp³-hybridized carbons (Fsp3) is 0.348. The molecule has 1 amide bonds. The van der Waals surface area contributed by atoms with Crippen molar-refractivity contribution in [2.45, 2.75) is 32.2 Å². The Morgan fingerprint density at radius 3 is 2.57 bits per heavy atom. The lowest BCUT2D eigenvalue weighted by Gasteiger charge is -2.31. The van der Waals surface area contributed by atoms with E-state index in [2.05, 4.69) is 10.2 Å². The highest BCUT2D eigenvalue weighted by Gasteiger charge is 2.28. The molecule has 0 saturated carbocycles. The van der Waals surface area contributed by atoms with Gasteiger partial charge < -0.3 is 9.64 Å². The Bertz CT molecular complexity index is 1080. The molecule has 0 atom stereocenters. The number of amides is 1. The Morgan fingerprint density at radius 2 is 1.90 bits per heavy atom. The molecular weight excluding hydrogens is 380 g/mol. The quantitative estimate of drug-likeness (QED) is 0.706. The number of benzene rings is 2. The van der Waals surface area contributed by atoms with Crippen LogP contribution in [0.4, 0.5) is 0 Å². The van der Waals surface area contributed by atoms with E-state index < -0.39 is 0 Å². The summed E-state index contributed by atoms with van der Waals surface area (Å²) in [6.45, 7) is 3.75. The summed E-state index contributed by atoms with van der Waals surface area (Å²) in [4.78, 5) is 27.0. The number of piperidine rings is 1. The minimum atomic E-state index is -0.209. The van der Waals surface area contributed by atoms with Crippen LogP contribution in [0.3, 0.4) is 0 Å². The molecule has 1 N–H and O–H groups in total. The molecule has 3 aromatic rings. The van der Waals surface area contributed by atoms with E-state index in [1.807, 2.05) is 60.4 Å². The number of nitrogens with one attached hydrogen (secondary N) is 1. The van der Waals surface area contributed by atoms with E-state index in [9.17, 15) is 9.59 Å². The van der Waals surface area contributed by atoms with Crippen molar-refractivity contribution >= 4 is 5.91 Å². The van der Waals surface area contributed by atoms with Crippen molar-refractivity contribution in [3.05, 3.63) is 81.5 Å². The highest BCUT2D eigenvalue weighted by atomic mass is 16.5. The highest BCUT2D eigenvalue weighted by molar-refractivity contribution is 5.94. The van der Waals surface area contributed by atoms with Crippen LogP contribution in [0.15, 0.2) is 53.3 Å². The molecule has 1 fully saturated rings. The van der Waals surface area contributed by atoms with E-state index in [-0.39, 0.29) is 17.5 Å². The summed E-state index contributed by atoms with van der Waals surface area (Å²) in [5.74, 6) is 1.75. The van der Waals surface area contributed by atoms with Crippen molar-refractivity contribution in [1.82, 2.24) is 19.7 Å². The number of carbonyl (C=O) groups excluding carboxylic acids is 1. The summed E-state index contributed by atoms with van der Waals surface area (Å²) in [7, 11) is 1.63. The molecule has 1 aliphatic heterocycles. The van der Waals surface area contributed by atoms with Gasteiger partial charge >= 0.3 is 5.69 Å². The number of hydrogen-bond acceptors (Lipinski definition) is 4. The van der Waals surface area contributed by atoms with Crippen molar-refractivity contribution in [2.24, 2.45) is 0 Å². The van der Waals surface area contributed by atoms with Crippen molar-refractivity contribution in [2.75, 3.05) is 20.2 Å². The van der Waals surface area contributed by atoms with Gasteiger partial charge in [0.1, 0.15) is 11.6 Å². The number of methoxy groups -OCH3 is 1. The van der Waals surface area contributed by atoms with Gasteiger partial charge in [0.25, 0.3) is 5.91 Å². The van der Waals surface area contributed by atoms with E-state index in [4.69, 9.17) is 4.74 Å². The zero-order valence-electron chi connectivity index (χ0n) is 17.3. The van der Waals surface area contributed by atoms with Gasteiger partial charge in [-0.3, -0.25) is 9.36 Å². The molecule has 1 aliphatic rings. The van der Waals surface area contributed by atoms with Crippen molar-refractivity contribution < 1.29 is 9.53 Å². The second-order valence-electron chi connectivity index (χ2n) is 7.76. The van der Waals surface area contributed by atoms with Crippen LogP contribution in [0.2, 0.25) is 0 Å². The average Bonchev–Trinajstić information content (AvgIpc) is 3.14. The SMILES string of the molecule is COc1ccc(Cn2c(C3CCN(C(=O)c4cccc(C)c4)CC3)n[nH]c2=O)cc1. The van der Waals surface area contributed by atoms with Crippen LogP contribution in [0.1, 0.15) is 46.1 Å². The predicted octanol–water partition coefficient (Wildman–Crippen LogP) is 2.96. The van der Waals surface area contributed by atoms with Crippen LogP contribution in [0.5, 0.6) is 5.75 Å². The number of aryl methyl sites for hydroxylation is 1. The number of nitrogens with zero attached hydrogens (tertiary/aromatic N) is 3.